The van der Waals surface area contributed by atoms with Gasteiger partial charge in [0.25, 0.3) is 0 Å². The van der Waals surface area contributed by atoms with Gasteiger partial charge in [-0.15, -0.1) is 0 Å². The molecule has 0 fully saturated rings. The van der Waals surface area contributed by atoms with Gasteiger partial charge in [0.15, 0.2) is 0 Å². The minimum Gasteiger partial charge on any atom is -0.370 e. The van der Waals surface area contributed by atoms with Crippen LogP contribution in [0.15, 0.2) is 16.6 Å². The standard InChI is InChI=1S/C10H14BrN3O/c1-7-8(11)3-4-9(14-7)13-6-5-10(15)12-2/h3-4H,5-6H2,1-2H3,(H,12,15)(H,13,14). The van der Waals surface area contributed by atoms with Gasteiger partial charge in [-0.1, -0.05) is 0 Å². The van der Waals surface area contributed by atoms with Gasteiger partial charge in [-0.2, -0.15) is 0 Å². The monoisotopic (exact) mass is 271 g/mol. The molecule has 0 saturated carbocycles. The number of aromatic nitrogens is 1. The van der Waals surface area contributed by atoms with Crippen LogP contribution in [0.3, 0.4) is 0 Å². The lowest BCUT2D eigenvalue weighted by Crippen LogP contribution is -2.21. The van der Waals surface area contributed by atoms with Crippen LogP contribution in [-0.2, 0) is 4.79 Å². The van der Waals surface area contributed by atoms with Gasteiger partial charge in [0.05, 0.1) is 5.69 Å². The molecule has 5 heteroatoms. The predicted octanol–water partition coefficient (Wildman–Crippen LogP) is 1.70. The van der Waals surface area contributed by atoms with E-state index >= 15 is 0 Å². The summed E-state index contributed by atoms with van der Waals surface area (Å²) in [5.74, 6) is 0.816. The molecule has 0 unspecified atom stereocenters. The van der Waals surface area contributed by atoms with E-state index in [0.717, 1.165) is 16.0 Å². The molecule has 15 heavy (non-hydrogen) atoms. The highest BCUT2D eigenvalue weighted by atomic mass is 79.9. The maximum Gasteiger partial charge on any atom is 0.221 e. The number of halogens is 1. The Balaban J connectivity index is 2.44. The molecule has 1 heterocycles. The third-order valence-electron chi connectivity index (χ3n) is 1.96. The average molecular weight is 272 g/mol. The van der Waals surface area contributed by atoms with Crippen LogP contribution < -0.4 is 10.6 Å². The van der Waals surface area contributed by atoms with Crippen molar-refractivity contribution in [3.05, 3.63) is 22.3 Å². The molecule has 0 saturated heterocycles. The molecule has 4 nitrogen and oxygen atoms in total. The average Bonchev–Trinajstić information content (AvgIpc) is 2.23. The lowest BCUT2D eigenvalue weighted by Gasteiger charge is -2.06. The van der Waals surface area contributed by atoms with E-state index in [9.17, 15) is 4.79 Å². The summed E-state index contributed by atoms with van der Waals surface area (Å²) < 4.78 is 0.986. The molecule has 2 N–H and O–H groups in total. The Morgan fingerprint density at radius 3 is 2.87 bits per heavy atom. The SMILES string of the molecule is CNC(=O)CCNc1ccc(Br)c(C)n1. The van der Waals surface area contributed by atoms with Gasteiger partial charge in [0.2, 0.25) is 5.91 Å². The third kappa shape index (κ3) is 3.87. The van der Waals surface area contributed by atoms with Crippen LogP contribution in [0.25, 0.3) is 0 Å². The fourth-order valence-corrected chi connectivity index (χ4v) is 1.29. The molecule has 0 aromatic carbocycles. The third-order valence-corrected chi connectivity index (χ3v) is 2.80. The molecule has 82 valence electrons. The Hall–Kier alpha value is -1.10. The summed E-state index contributed by atoms with van der Waals surface area (Å²) >= 11 is 3.38. The van der Waals surface area contributed by atoms with E-state index in [1.54, 1.807) is 7.05 Å². The molecule has 1 aromatic rings. The van der Waals surface area contributed by atoms with Gasteiger partial charge in [-0.25, -0.2) is 4.98 Å². The summed E-state index contributed by atoms with van der Waals surface area (Å²) in [4.78, 5) is 15.2. The van der Waals surface area contributed by atoms with Gasteiger partial charge in [-0.05, 0) is 35.0 Å². The number of nitrogens with zero attached hydrogens (tertiary/aromatic N) is 1. The van der Waals surface area contributed by atoms with E-state index in [1.807, 2.05) is 19.1 Å². The molecule has 0 aliphatic heterocycles. The Labute approximate surface area is 97.6 Å². The smallest absolute Gasteiger partial charge is 0.221 e. The number of nitrogens with one attached hydrogen (secondary N) is 2. The number of carbonyl (C=O) groups excluding carboxylic acids is 1. The van der Waals surface area contributed by atoms with Crippen molar-refractivity contribution in [1.29, 1.82) is 0 Å². The largest absolute Gasteiger partial charge is 0.370 e. The number of hydrogen-bond donors (Lipinski definition) is 2. The van der Waals surface area contributed by atoms with Crippen molar-refractivity contribution in [2.24, 2.45) is 0 Å². The van der Waals surface area contributed by atoms with Crippen LogP contribution in [0.5, 0.6) is 0 Å². The van der Waals surface area contributed by atoms with Crippen molar-refractivity contribution in [3.63, 3.8) is 0 Å². The van der Waals surface area contributed by atoms with Crippen molar-refractivity contribution in [1.82, 2.24) is 10.3 Å². The molecular weight excluding hydrogens is 258 g/mol. The van der Waals surface area contributed by atoms with Crippen molar-refractivity contribution >= 4 is 27.7 Å². The molecule has 0 spiro atoms. The number of rotatable bonds is 4. The van der Waals surface area contributed by atoms with Crippen molar-refractivity contribution in [2.45, 2.75) is 13.3 Å². The van der Waals surface area contributed by atoms with Crippen LogP contribution in [-0.4, -0.2) is 24.5 Å². The van der Waals surface area contributed by atoms with Gasteiger partial charge >= 0.3 is 0 Å². The van der Waals surface area contributed by atoms with E-state index in [-0.39, 0.29) is 5.91 Å². The molecular formula is C10H14BrN3O. The Bertz CT molecular complexity index is 355. The summed E-state index contributed by atoms with van der Waals surface area (Å²) in [5.41, 5.74) is 0.931. The Morgan fingerprint density at radius 1 is 1.53 bits per heavy atom. The van der Waals surface area contributed by atoms with E-state index in [0.29, 0.717) is 13.0 Å². The minimum atomic E-state index is 0.0244. The van der Waals surface area contributed by atoms with Crippen LogP contribution in [0.1, 0.15) is 12.1 Å². The fourth-order valence-electron chi connectivity index (χ4n) is 1.07. The second-order valence-electron chi connectivity index (χ2n) is 3.11. The highest BCUT2D eigenvalue weighted by Crippen LogP contribution is 2.15. The Morgan fingerprint density at radius 2 is 2.27 bits per heavy atom. The number of hydrogen-bond acceptors (Lipinski definition) is 3. The molecule has 0 atom stereocenters. The topological polar surface area (TPSA) is 54.0 Å². The second kappa shape index (κ2) is 5.70. The first-order chi connectivity index (χ1) is 7.13. The minimum absolute atomic E-state index is 0.0244. The van der Waals surface area contributed by atoms with Crippen LogP contribution >= 0.6 is 15.9 Å². The van der Waals surface area contributed by atoms with E-state index < -0.39 is 0 Å². The second-order valence-corrected chi connectivity index (χ2v) is 3.97. The van der Waals surface area contributed by atoms with E-state index in [4.69, 9.17) is 0 Å². The quantitative estimate of drug-likeness (QED) is 0.877. The van der Waals surface area contributed by atoms with Crippen LogP contribution in [0.2, 0.25) is 0 Å². The zero-order valence-electron chi connectivity index (χ0n) is 8.80. The summed E-state index contributed by atoms with van der Waals surface area (Å²) in [6, 6.07) is 3.81. The Kier molecular flexibility index (Phi) is 4.55. The highest BCUT2D eigenvalue weighted by molar-refractivity contribution is 9.10. The number of anilines is 1. The van der Waals surface area contributed by atoms with Gasteiger partial charge in [-0.3, -0.25) is 4.79 Å². The first kappa shape index (κ1) is 12.0. The maximum absolute atomic E-state index is 10.9. The van der Waals surface area contributed by atoms with Crippen molar-refractivity contribution in [3.8, 4) is 0 Å². The molecule has 0 bridgehead atoms. The number of pyridine rings is 1. The molecule has 0 aliphatic carbocycles. The summed E-state index contributed by atoms with van der Waals surface area (Å²) in [6.07, 6.45) is 0.452. The lowest BCUT2D eigenvalue weighted by molar-refractivity contribution is -0.120. The normalized spacial score (nSPS) is 9.80. The van der Waals surface area contributed by atoms with Gasteiger partial charge < -0.3 is 10.6 Å². The van der Waals surface area contributed by atoms with Gasteiger partial charge in [0, 0.05) is 24.5 Å². The van der Waals surface area contributed by atoms with Crippen molar-refractivity contribution < 1.29 is 4.79 Å². The fraction of sp³-hybridized carbons (Fsp3) is 0.400. The van der Waals surface area contributed by atoms with E-state index in [2.05, 4.69) is 31.5 Å². The highest BCUT2D eigenvalue weighted by Gasteiger charge is 2.00. The van der Waals surface area contributed by atoms with Crippen LogP contribution in [0.4, 0.5) is 5.82 Å². The summed E-state index contributed by atoms with van der Waals surface area (Å²) in [5, 5.41) is 5.65. The zero-order chi connectivity index (χ0) is 11.3. The lowest BCUT2D eigenvalue weighted by atomic mass is 10.3. The first-order valence-electron chi connectivity index (χ1n) is 4.71. The molecule has 1 aromatic heterocycles. The van der Waals surface area contributed by atoms with Crippen molar-refractivity contribution in [2.75, 3.05) is 18.9 Å². The molecule has 1 amide bonds. The number of carbonyl (C=O) groups is 1. The molecule has 1 rings (SSSR count). The van der Waals surface area contributed by atoms with E-state index in [1.165, 1.54) is 0 Å². The molecule has 0 radical (unpaired) electrons. The van der Waals surface area contributed by atoms with Crippen LogP contribution in [0, 0.1) is 6.92 Å². The maximum atomic E-state index is 10.9. The predicted molar refractivity (Wildman–Crippen MR) is 63.8 cm³/mol. The summed E-state index contributed by atoms with van der Waals surface area (Å²) in [7, 11) is 1.63. The zero-order valence-corrected chi connectivity index (χ0v) is 10.4. The first-order valence-corrected chi connectivity index (χ1v) is 5.50. The summed E-state index contributed by atoms with van der Waals surface area (Å²) in [6.45, 7) is 2.52. The van der Waals surface area contributed by atoms with Gasteiger partial charge in [0.1, 0.15) is 5.82 Å². The number of amides is 1. The molecule has 0 aliphatic rings. The number of aryl methyl sites for hydroxylation is 1.